The van der Waals surface area contributed by atoms with Crippen LogP contribution >= 0.6 is 0 Å². The first-order chi connectivity index (χ1) is 11.8. The van der Waals surface area contributed by atoms with Gasteiger partial charge < -0.3 is 9.64 Å². The van der Waals surface area contributed by atoms with E-state index in [1.165, 1.54) is 0 Å². The van der Waals surface area contributed by atoms with Gasteiger partial charge in [-0.25, -0.2) is 0 Å². The van der Waals surface area contributed by atoms with Gasteiger partial charge in [-0.15, -0.1) is 0 Å². The lowest BCUT2D eigenvalue weighted by Gasteiger charge is -2.24. The minimum atomic E-state index is -0.147. The first kappa shape index (κ1) is 15.9. The third-order valence-corrected chi connectivity index (χ3v) is 3.62. The van der Waals surface area contributed by atoms with Crippen LogP contribution in [0.2, 0.25) is 0 Å². The van der Waals surface area contributed by atoms with E-state index in [1.54, 1.807) is 4.90 Å². The highest BCUT2D eigenvalue weighted by Crippen LogP contribution is 2.03. The van der Waals surface area contributed by atoms with E-state index in [-0.39, 0.29) is 5.91 Å². The van der Waals surface area contributed by atoms with Gasteiger partial charge in [0.05, 0.1) is 13.2 Å². The van der Waals surface area contributed by atoms with E-state index < -0.39 is 0 Å². The Kier molecular flexibility index (Phi) is 5.30. The fourth-order valence-electron chi connectivity index (χ4n) is 2.27. The summed E-state index contributed by atoms with van der Waals surface area (Å²) in [6.45, 7) is 2.40. The number of carbonyl (C=O) groups is 1. The average Bonchev–Trinajstić information content (AvgIpc) is 2.67. The maximum absolute atomic E-state index is 12.0. The Morgan fingerprint density at radius 1 is 0.792 bits per heavy atom. The van der Waals surface area contributed by atoms with E-state index in [0.29, 0.717) is 26.3 Å². The average molecular weight is 315 g/mol. The smallest absolute Gasteiger partial charge is 0.298 e. The van der Waals surface area contributed by atoms with Crippen LogP contribution in [-0.2, 0) is 9.53 Å². The van der Waals surface area contributed by atoms with Crippen molar-refractivity contribution in [1.29, 1.82) is 0 Å². The summed E-state index contributed by atoms with van der Waals surface area (Å²) in [5.74, 6) is 11.7. The van der Waals surface area contributed by atoms with Gasteiger partial charge in [0.15, 0.2) is 0 Å². The number of benzene rings is 2. The van der Waals surface area contributed by atoms with Crippen LogP contribution in [0.1, 0.15) is 16.7 Å². The SMILES string of the molecule is O=C(C#Cc1ccc(C#Cc2ccccc2)cc1)N1CCOCC1. The molecular weight excluding hydrogens is 298 g/mol. The van der Waals surface area contributed by atoms with Crippen LogP contribution in [0.15, 0.2) is 54.6 Å². The van der Waals surface area contributed by atoms with Crippen molar-refractivity contribution in [3.8, 4) is 23.7 Å². The number of nitrogens with zero attached hydrogens (tertiary/aromatic N) is 1. The molecule has 3 nitrogen and oxygen atoms in total. The molecule has 0 aromatic heterocycles. The first-order valence-electron chi connectivity index (χ1n) is 7.87. The molecular formula is C21H17NO2. The van der Waals surface area contributed by atoms with Gasteiger partial charge in [0, 0.05) is 35.7 Å². The van der Waals surface area contributed by atoms with Crippen LogP contribution in [0, 0.1) is 23.7 Å². The predicted molar refractivity (Wildman–Crippen MR) is 93.1 cm³/mol. The topological polar surface area (TPSA) is 29.5 Å². The minimum Gasteiger partial charge on any atom is -0.378 e. The van der Waals surface area contributed by atoms with Gasteiger partial charge in [0.1, 0.15) is 0 Å². The van der Waals surface area contributed by atoms with E-state index in [1.807, 2.05) is 54.6 Å². The molecule has 2 aromatic carbocycles. The summed E-state index contributed by atoms with van der Waals surface area (Å²) in [6.07, 6.45) is 0. The molecule has 3 rings (SSSR count). The van der Waals surface area contributed by atoms with Gasteiger partial charge in [0.25, 0.3) is 5.91 Å². The first-order valence-corrected chi connectivity index (χ1v) is 7.87. The molecule has 0 radical (unpaired) electrons. The molecule has 0 atom stereocenters. The summed E-state index contributed by atoms with van der Waals surface area (Å²) in [7, 11) is 0. The molecule has 0 aliphatic carbocycles. The predicted octanol–water partition coefficient (Wildman–Crippen LogP) is 2.30. The van der Waals surface area contributed by atoms with Crippen LogP contribution in [0.3, 0.4) is 0 Å². The highest BCUT2D eigenvalue weighted by Gasteiger charge is 2.14. The van der Waals surface area contributed by atoms with Crippen LogP contribution in [0.25, 0.3) is 0 Å². The second-order valence-corrected chi connectivity index (χ2v) is 5.35. The number of hydrogen-bond donors (Lipinski definition) is 0. The molecule has 118 valence electrons. The van der Waals surface area contributed by atoms with Gasteiger partial charge in [0.2, 0.25) is 0 Å². The van der Waals surface area contributed by atoms with Crippen molar-refractivity contribution in [2.45, 2.75) is 0 Å². The number of amides is 1. The Bertz CT molecular complexity index is 811. The molecule has 1 aliphatic heterocycles. The van der Waals surface area contributed by atoms with Crippen LogP contribution < -0.4 is 0 Å². The quantitative estimate of drug-likeness (QED) is 0.698. The summed E-state index contributed by atoms with van der Waals surface area (Å²) < 4.78 is 5.23. The van der Waals surface area contributed by atoms with Crippen LogP contribution in [-0.4, -0.2) is 37.1 Å². The Morgan fingerprint density at radius 2 is 1.33 bits per heavy atom. The molecule has 0 spiro atoms. The largest absolute Gasteiger partial charge is 0.378 e. The molecule has 24 heavy (non-hydrogen) atoms. The molecule has 1 aliphatic rings. The van der Waals surface area contributed by atoms with Crippen molar-refractivity contribution < 1.29 is 9.53 Å². The lowest BCUT2D eigenvalue weighted by molar-refractivity contribution is -0.129. The standard InChI is InChI=1S/C21H17NO2/c23-21(22-14-16-24-17-15-22)13-12-20-10-8-19(9-11-20)7-6-18-4-2-1-3-5-18/h1-5,8-11H,14-17H2. The number of morpholine rings is 1. The summed E-state index contributed by atoms with van der Waals surface area (Å²) in [6, 6.07) is 17.5. The molecule has 0 saturated carbocycles. The second-order valence-electron chi connectivity index (χ2n) is 5.35. The molecule has 1 saturated heterocycles. The normalized spacial score (nSPS) is 13.2. The summed E-state index contributed by atoms with van der Waals surface area (Å²) in [5.41, 5.74) is 2.71. The third kappa shape index (κ3) is 4.49. The summed E-state index contributed by atoms with van der Waals surface area (Å²) in [4.78, 5) is 13.7. The Balaban J connectivity index is 1.64. The zero-order valence-corrected chi connectivity index (χ0v) is 13.3. The van der Waals surface area contributed by atoms with Gasteiger partial charge in [-0.05, 0) is 36.4 Å². The van der Waals surface area contributed by atoms with Crippen molar-refractivity contribution in [2.75, 3.05) is 26.3 Å². The molecule has 2 aromatic rings. The van der Waals surface area contributed by atoms with Crippen molar-refractivity contribution in [1.82, 2.24) is 4.90 Å². The number of carbonyl (C=O) groups excluding carboxylic acids is 1. The molecule has 3 heteroatoms. The molecule has 0 unspecified atom stereocenters. The summed E-state index contributed by atoms with van der Waals surface area (Å²) in [5, 5.41) is 0. The van der Waals surface area contributed by atoms with Gasteiger partial charge in [-0.1, -0.05) is 36.0 Å². The minimum absolute atomic E-state index is 0.147. The van der Waals surface area contributed by atoms with Crippen molar-refractivity contribution in [3.05, 3.63) is 71.3 Å². The van der Waals surface area contributed by atoms with Gasteiger partial charge in [-0.2, -0.15) is 0 Å². The Labute approximate surface area is 142 Å². The Hall–Kier alpha value is -3.01. The van der Waals surface area contributed by atoms with Crippen molar-refractivity contribution in [3.63, 3.8) is 0 Å². The van der Waals surface area contributed by atoms with E-state index in [4.69, 9.17) is 4.74 Å². The summed E-state index contributed by atoms with van der Waals surface area (Å²) >= 11 is 0. The second kappa shape index (κ2) is 8.02. The van der Waals surface area contributed by atoms with Gasteiger partial charge >= 0.3 is 0 Å². The zero-order chi connectivity index (χ0) is 16.6. The fourth-order valence-corrected chi connectivity index (χ4v) is 2.27. The van der Waals surface area contributed by atoms with Crippen molar-refractivity contribution in [2.24, 2.45) is 0 Å². The zero-order valence-electron chi connectivity index (χ0n) is 13.3. The van der Waals surface area contributed by atoms with Gasteiger partial charge in [-0.3, -0.25) is 4.79 Å². The Morgan fingerprint density at radius 3 is 1.96 bits per heavy atom. The highest BCUT2D eigenvalue weighted by atomic mass is 16.5. The molecule has 1 fully saturated rings. The molecule has 0 bridgehead atoms. The number of rotatable bonds is 0. The lowest BCUT2D eigenvalue weighted by Crippen LogP contribution is -2.40. The third-order valence-electron chi connectivity index (χ3n) is 3.62. The molecule has 0 N–H and O–H groups in total. The van der Waals surface area contributed by atoms with Crippen molar-refractivity contribution >= 4 is 5.91 Å². The monoisotopic (exact) mass is 315 g/mol. The number of ether oxygens (including phenoxy) is 1. The van der Waals surface area contributed by atoms with Crippen LogP contribution in [0.4, 0.5) is 0 Å². The van der Waals surface area contributed by atoms with E-state index in [2.05, 4.69) is 23.7 Å². The molecule has 1 amide bonds. The van der Waals surface area contributed by atoms with E-state index >= 15 is 0 Å². The number of hydrogen-bond acceptors (Lipinski definition) is 2. The van der Waals surface area contributed by atoms with Crippen LogP contribution in [0.5, 0.6) is 0 Å². The lowest BCUT2D eigenvalue weighted by atomic mass is 10.1. The van der Waals surface area contributed by atoms with E-state index in [0.717, 1.165) is 16.7 Å². The maximum atomic E-state index is 12.0. The maximum Gasteiger partial charge on any atom is 0.298 e. The molecule has 1 heterocycles. The highest BCUT2D eigenvalue weighted by molar-refractivity contribution is 5.94. The fraction of sp³-hybridized carbons (Fsp3) is 0.190. The van der Waals surface area contributed by atoms with E-state index in [9.17, 15) is 4.79 Å².